The normalized spacial score (nSPS) is 11.2. The third kappa shape index (κ3) is 3.27. The molecular weight excluding hydrogens is 256 g/mol. The van der Waals surface area contributed by atoms with E-state index in [0.717, 1.165) is 0 Å². The molecule has 6 nitrogen and oxygen atoms in total. The molecule has 0 spiro atoms. The van der Waals surface area contributed by atoms with Crippen molar-refractivity contribution in [2.45, 2.75) is 6.92 Å². The van der Waals surface area contributed by atoms with Crippen LogP contribution in [0.15, 0.2) is 23.4 Å². The maximum absolute atomic E-state index is 11.7. The minimum absolute atomic E-state index is 0.0500. The molecule has 0 aliphatic heterocycles. The molecule has 1 aromatic rings. The quantitative estimate of drug-likeness (QED) is 0.339. The Morgan fingerprint density at radius 3 is 2.83 bits per heavy atom. The number of hydrogen-bond donors (Lipinski definition) is 3. The molecule has 0 heterocycles. The summed E-state index contributed by atoms with van der Waals surface area (Å²) in [6, 6.07) is 4.42. The van der Waals surface area contributed by atoms with Gasteiger partial charge in [-0.2, -0.15) is 0 Å². The maximum atomic E-state index is 11.7. The van der Waals surface area contributed by atoms with Crippen molar-refractivity contribution in [3.63, 3.8) is 0 Å². The largest absolute Gasteiger partial charge is 0.409 e. The molecule has 0 atom stereocenters. The average Bonchev–Trinajstić information content (AvgIpc) is 2.39. The monoisotopic (exact) mass is 270 g/mol. The van der Waals surface area contributed by atoms with Gasteiger partial charge >= 0.3 is 6.03 Å². The number of anilines is 1. The van der Waals surface area contributed by atoms with Crippen LogP contribution in [-0.2, 0) is 0 Å². The molecule has 0 saturated heterocycles. The summed E-state index contributed by atoms with van der Waals surface area (Å²) in [5.41, 5.74) is 6.34. The Balaban J connectivity index is 2.98. The lowest BCUT2D eigenvalue weighted by Gasteiger charge is -2.16. The van der Waals surface area contributed by atoms with Crippen LogP contribution in [0.2, 0.25) is 5.02 Å². The molecule has 0 aliphatic rings. The van der Waals surface area contributed by atoms with E-state index in [1.165, 1.54) is 4.90 Å². The van der Waals surface area contributed by atoms with Crippen LogP contribution in [0, 0.1) is 0 Å². The number of amides is 2. The third-order valence-electron chi connectivity index (χ3n) is 2.43. The summed E-state index contributed by atoms with van der Waals surface area (Å²) in [7, 11) is 1.66. The van der Waals surface area contributed by atoms with Gasteiger partial charge in [0.05, 0.1) is 10.7 Å². The number of carbonyl (C=O) groups excluding carboxylic acids is 1. The summed E-state index contributed by atoms with van der Waals surface area (Å²) in [6.07, 6.45) is 0. The molecule has 7 heteroatoms. The van der Waals surface area contributed by atoms with Crippen molar-refractivity contribution in [3.8, 4) is 0 Å². The summed E-state index contributed by atoms with van der Waals surface area (Å²) >= 11 is 5.96. The molecule has 0 fully saturated rings. The summed E-state index contributed by atoms with van der Waals surface area (Å²) in [5, 5.41) is 14.5. The molecule has 1 aromatic carbocycles. The highest BCUT2D eigenvalue weighted by Crippen LogP contribution is 2.23. The zero-order valence-electron chi connectivity index (χ0n) is 10.1. The Morgan fingerprint density at radius 2 is 2.28 bits per heavy atom. The minimum atomic E-state index is -0.281. The van der Waals surface area contributed by atoms with Crippen molar-refractivity contribution in [1.29, 1.82) is 0 Å². The highest BCUT2D eigenvalue weighted by molar-refractivity contribution is 6.33. The number of nitrogens with two attached hydrogens (primary N) is 1. The van der Waals surface area contributed by atoms with E-state index in [4.69, 9.17) is 22.5 Å². The maximum Gasteiger partial charge on any atom is 0.321 e. The molecule has 0 bridgehead atoms. The van der Waals surface area contributed by atoms with E-state index >= 15 is 0 Å². The Hall–Kier alpha value is -1.95. The van der Waals surface area contributed by atoms with Crippen molar-refractivity contribution < 1.29 is 10.0 Å². The van der Waals surface area contributed by atoms with Crippen LogP contribution >= 0.6 is 11.6 Å². The molecule has 18 heavy (non-hydrogen) atoms. The van der Waals surface area contributed by atoms with Gasteiger partial charge in [-0.15, -0.1) is 0 Å². The minimum Gasteiger partial charge on any atom is -0.409 e. The van der Waals surface area contributed by atoms with Crippen molar-refractivity contribution in [1.82, 2.24) is 4.90 Å². The standard InChI is InChI=1S/C11H15ClN4O2/c1-3-16(2)11(17)14-9-6-7(10(13)15-18)4-5-8(9)12/h4-6,18H,3H2,1-2H3,(H2,13,15)(H,14,17). The fourth-order valence-corrected chi connectivity index (χ4v) is 1.36. The van der Waals surface area contributed by atoms with E-state index < -0.39 is 0 Å². The van der Waals surface area contributed by atoms with Gasteiger partial charge in [0.25, 0.3) is 0 Å². The van der Waals surface area contributed by atoms with Crippen LogP contribution in [0.1, 0.15) is 12.5 Å². The fraction of sp³-hybridized carbons (Fsp3) is 0.273. The number of rotatable bonds is 3. The molecular formula is C11H15ClN4O2. The second-order valence-electron chi connectivity index (χ2n) is 3.62. The van der Waals surface area contributed by atoms with Gasteiger partial charge in [-0.3, -0.25) is 0 Å². The lowest BCUT2D eigenvalue weighted by molar-refractivity contribution is 0.224. The number of carbonyl (C=O) groups is 1. The summed E-state index contributed by atoms with van der Waals surface area (Å²) < 4.78 is 0. The van der Waals surface area contributed by atoms with Gasteiger partial charge in [0, 0.05) is 19.2 Å². The van der Waals surface area contributed by atoms with Crippen LogP contribution < -0.4 is 11.1 Å². The average molecular weight is 271 g/mol. The van der Waals surface area contributed by atoms with Crippen molar-refractivity contribution in [2.24, 2.45) is 10.9 Å². The summed E-state index contributed by atoms with van der Waals surface area (Å²) in [6.45, 7) is 2.43. The van der Waals surface area contributed by atoms with Gasteiger partial charge in [-0.25, -0.2) is 4.79 Å². The van der Waals surface area contributed by atoms with Crippen molar-refractivity contribution >= 4 is 29.2 Å². The number of hydrogen-bond acceptors (Lipinski definition) is 3. The van der Waals surface area contributed by atoms with Crippen LogP contribution in [0.4, 0.5) is 10.5 Å². The fourth-order valence-electron chi connectivity index (χ4n) is 1.19. The zero-order chi connectivity index (χ0) is 13.7. The number of halogens is 1. The van der Waals surface area contributed by atoms with Gasteiger partial charge in [0.2, 0.25) is 0 Å². The molecule has 0 aliphatic carbocycles. The van der Waals surface area contributed by atoms with Gasteiger partial charge in [0.15, 0.2) is 5.84 Å². The Kier molecular flexibility index (Phi) is 4.79. The summed E-state index contributed by atoms with van der Waals surface area (Å²) in [4.78, 5) is 13.2. The van der Waals surface area contributed by atoms with Crippen LogP contribution in [0.3, 0.4) is 0 Å². The predicted octanol–water partition coefficient (Wildman–Crippen LogP) is 1.92. The molecule has 0 aromatic heterocycles. The predicted molar refractivity (Wildman–Crippen MR) is 71.3 cm³/mol. The first-order valence-electron chi connectivity index (χ1n) is 5.29. The van der Waals surface area contributed by atoms with Crippen LogP contribution in [-0.4, -0.2) is 35.6 Å². The number of oxime groups is 1. The molecule has 4 N–H and O–H groups in total. The molecule has 0 saturated carbocycles. The van der Waals surface area contributed by atoms with E-state index in [0.29, 0.717) is 22.8 Å². The second kappa shape index (κ2) is 6.11. The first-order valence-corrected chi connectivity index (χ1v) is 5.67. The molecule has 1 rings (SSSR count). The van der Waals surface area contributed by atoms with E-state index in [1.807, 2.05) is 6.92 Å². The molecule has 2 amide bonds. The molecule has 0 unspecified atom stereocenters. The van der Waals surface area contributed by atoms with Crippen LogP contribution in [0.25, 0.3) is 0 Å². The lowest BCUT2D eigenvalue weighted by atomic mass is 10.2. The van der Waals surface area contributed by atoms with Gasteiger partial charge in [-0.1, -0.05) is 16.8 Å². The smallest absolute Gasteiger partial charge is 0.321 e. The van der Waals surface area contributed by atoms with E-state index in [-0.39, 0.29) is 11.9 Å². The number of benzene rings is 1. The topological polar surface area (TPSA) is 91.0 Å². The van der Waals surface area contributed by atoms with Gasteiger partial charge in [0.1, 0.15) is 0 Å². The lowest BCUT2D eigenvalue weighted by Crippen LogP contribution is -2.31. The molecule has 0 radical (unpaired) electrons. The Labute approximate surface area is 110 Å². The van der Waals surface area contributed by atoms with E-state index in [2.05, 4.69) is 10.5 Å². The Bertz CT molecular complexity index is 476. The van der Waals surface area contributed by atoms with Gasteiger partial charge < -0.3 is 21.2 Å². The zero-order valence-corrected chi connectivity index (χ0v) is 10.9. The Morgan fingerprint density at radius 1 is 1.61 bits per heavy atom. The van der Waals surface area contributed by atoms with E-state index in [9.17, 15) is 4.79 Å². The van der Waals surface area contributed by atoms with Crippen molar-refractivity contribution in [3.05, 3.63) is 28.8 Å². The summed E-state index contributed by atoms with van der Waals surface area (Å²) in [5.74, 6) is -0.0500. The highest BCUT2D eigenvalue weighted by Gasteiger charge is 2.10. The SMILES string of the molecule is CCN(C)C(=O)Nc1cc(C(N)=NO)ccc1Cl. The highest BCUT2D eigenvalue weighted by atomic mass is 35.5. The first-order chi connectivity index (χ1) is 8.49. The van der Waals surface area contributed by atoms with Crippen molar-refractivity contribution in [2.75, 3.05) is 18.9 Å². The molecule has 98 valence electrons. The number of nitrogens with zero attached hydrogens (tertiary/aromatic N) is 2. The number of urea groups is 1. The van der Waals surface area contributed by atoms with Gasteiger partial charge in [-0.05, 0) is 25.1 Å². The second-order valence-corrected chi connectivity index (χ2v) is 4.03. The van der Waals surface area contributed by atoms with E-state index in [1.54, 1.807) is 25.2 Å². The number of amidine groups is 1. The third-order valence-corrected chi connectivity index (χ3v) is 2.76. The number of nitrogens with one attached hydrogen (secondary N) is 1. The van der Waals surface area contributed by atoms with Crippen LogP contribution in [0.5, 0.6) is 0 Å². The first kappa shape index (κ1) is 14.1.